The Morgan fingerprint density at radius 3 is 2.85 bits per heavy atom. The van der Waals surface area contributed by atoms with E-state index in [0.29, 0.717) is 12.2 Å². The number of carbonyl (C=O) groups is 1. The lowest BCUT2D eigenvalue weighted by molar-refractivity contribution is 0.102. The van der Waals surface area contributed by atoms with Gasteiger partial charge in [-0.2, -0.15) is 5.10 Å². The Balaban J connectivity index is 1.49. The van der Waals surface area contributed by atoms with Crippen LogP contribution in [-0.2, 0) is 13.0 Å². The van der Waals surface area contributed by atoms with Gasteiger partial charge in [-0.25, -0.2) is 19.5 Å². The Kier molecular flexibility index (Phi) is 7.16. The van der Waals surface area contributed by atoms with Crippen molar-refractivity contribution in [1.82, 2.24) is 14.3 Å². The lowest BCUT2D eigenvalue weighted by Crippen LogP contribution is -2.44. The maximum atomic E-state index is 14.8. The number of amidine groups is 1. The molecule has 0 spiro atoms. The van der Waals surface area contributed by atoms with Gasteiger partial charge < -0.3 is 11.2 Å². The molecule has 5 N–H and O–H groups in total. The molecule has 10 heteroatoms. The number of nitrogens with zero attached hydrogens (tertiary/aromatic N) is 4. The van der Waals surface area contributed by atoms with Crippen LogP contribution < -0.4 is 17.0 Å². The number of aromatic nitrogens is 1. The highest BCUT2D eigenvalue weighted by Gasteiger charge is 2.26. The summed E-state index contributed by atoms with van der Waals surface area (Å²) in [5.74, 6) is 13.0. The predicted octanol–water partition coefficient (Wildman–Crippen LogP) is 3.09. The molecular weight excluding hydrogens is 441 g/mol. The summed E-state index contributed by atoms with van der Waals surface area (Å²) in [6.07, 6.45) is 3.42. The Hall–Kier alpha value is -2.69. The van der Waals surface area contributed by atoms with Crippen LogP contribution in [0.15, 0.2) is 35.4 Å². The number of halogens is 1. The van der Waals surface area contributed by atoms with Gasteiger partial charge in [0.2, 0.25) is 0 Å². The fraction of sp³-hybridized carbons (Fsp3) is 0.435. The van der Waals surface area contributed by atoms with Gasteiger partial charge in [0.1, 0.15) is 17.3 Å². The third-order valence-corrected chi connectivity index (χ3v) is 7.14. The minimum Gasteiger partial charge on any atom is -0.321 e. The van der Waals surface area contributed by atoms with Crippen molar-refractivity contribution in [3.63, 3.8) is 0 Å². The number of benzene rings is 1. The van der Waals surface area contributed by atoms with Crippen molar-refractivity contribution in [2.45, 2.75) is 45.7 Å². The van der Waals surface area contributed by atoms with Crippen LogP contribution in [0.4, 0.5) is 10.2 Å². The normalized spacial score (nSPS) is 16.6. The maximum Gasteiger partial charge on any atom is 0.259 e. The lowest BCUT2D eigenvalue weighted by atomic mass is 9.97. The summed E-state index contributed by atoms with van der Waals surface area (Å²) < 4.78 is 17.1. The second-order valence-electron chi connectivity index (χ2n) is 8.77. The largest absolute Gasteiger partial charge is 0.321 e. The molecule has 0 atom stereocenters. The van der Waals surface area contributed by atoms with E-state index in [9.17, 15) is 9.18 Å². The molecule has 2 heterocycles. The van der Waals surface area contributed by atoms with E-state index in [4.69, 9.17) is 11.7 Å². The quantitative estimate of drug-likeness (QED) is 0.187. The highest BCUT2D eigenvalue weighted by Crippen LogP contribution is 2.35. The zero-order chi connectivity index (χ0) is 23.5. The second kappa shape index (κ2) is 10.1. The van der Waals surface area contributed by atoms with Crippen LogP contribution in [0.25, 0.3) is 0 Å². The van der Waals surface area contributed by atoms with Crippen LogP contribution in [-0.4, -0.2) is 44.4 Å². The molecule has 33 heavy (non-hydrogen) atoms. The van der Waals surface area contributed by atoms with E-state index in [1.54, 1.807) is 24.3 Å². The standard InChI is InChI=1S/C23H30FN7OS/c1-14(2)31(26)22(29-25)20-4-3-5-21(27-20)28-23(32)18-10-17-12-30(33-13-15-6-7-15)9-8-16(17)11-19(18)24/h3-5,10-11,14-15H,6-9,12-13,25-26H2,1-2H3,(H,27,28,32)/b29-22-. The van der Waals surface area contributed by atoms with Crippen molar-refractivity contribution < 1.29 is 9.18 Å². The molecule has 1 aliphatic heterocycles. The zero-order valence-corrected chi connectivity index (χ0v) is 19.7. The number of nitrogens with two attached hydrogens (primary N) is 2. The van der Waals surface area contributed by atoms with Gasteiger partial charge in [0, 0.05) is 24.9 Å². The molecule has 8 nitrogen and oxygen atoms in total. The van der Waals surface area contributed by atoms with E-state index in [1.807, 2.05) is 25.8 Å². The molecule has 1 aromatic heterocycles. The third kappa shape index (κ3) is 5.63. The average Bonchev–Trinajstić information content (AvgIpc) is 3.62. The van der Waals surface area contributed by atoms with Crippen LogP contribution in [0, 0.1) is 11.7 Å². The van der Waals surface area contributed by atoms with Gasteiger partial charge >= 0.3 is 0 Å². The summed E-state index contributed by atoms with van der Waals surface area (Å²) in [7, 11) is 0. The van der Waals surface area contributed by atoms with E-state index < -0.39 is 11.7 Å². The summed E-state index contributed by atoms with van der Waals surface area (Å²) in [5.41, 5.74) is 2.37. The maximum absolute atomic E-state index is 14.8. The van der Waals surface area contributed by atoms with Gasteiger partial charge in [-0.15, -0.1) is 0 Å². The van der Waals surface area contributed by atoms with Crippen molar-refractivity contribution in [1.29, 1.82) is 0 Å². The van der Waals surface area contributed by atoms with E-state index >= 15 is 0 Å². The van der Waals surface area contributed by atoms with Gasteiger partial charge in [-0.3, -0.25) is 9.80 Å². The fourth-order valence-corrected chi connectivity index (χ4v) is 4.86. The van der Waals surface area contributed by atoms with Crippen molar-refractivity contribution in [2.75, 3.05) is 17.6 Å². The molecular formula is C23H30FN7OS. The van der Waals surface area contributed by atoms with Crippen molar-refractivity contribution in [3.8, 4) is 0 Å². The third-order valence-electron chi connectivity index (χ3n) is 5.84. The van der Waals surface area contributed by atoms with E-state index in [2.05, 4.69) is 19.7 Å². The summed E-state index contributed by atoms with van der Waals surface area (Å²) in [5, 5.41) is 7.81. The lowest BCUT2D eigenvalue weighted by Gasteiger charge is -2.28. The molecule has 2 aliphatic rings. The zero-order valence-electron chi connectivity index (χ0n) is 18.9. The summed E-state index contributed by atoms with van der Waals surface area (Å²) >= 11 is 1.86. The molecule has 1 aliphatic carbocycles. The highest BCUT2D eigenvalue weighted by atomic mass is 32.2. The van der Waals surface area contributed by atoms with E-state index in [0.717, 1.165) is 35.8 Å². The molecule has 0 radical (unpaired) electrons. The molecule has 2 aromatic rings. The van der Waals surface area contributed by atoms with Gasteiger partial charge in [0.05, 0.1) is 5.56 Å². The second-order valence-corrected chi connectivity index (χ2v) is 9.88. The molecule has 4 rings (SSSR count). The number of hydrogen-bond donors (Lipinski definition) is 3. The van der Waals surface area contributed by atoms with Crippen molar-refractivity contribution >= 4 is 29.5 Å². The minimum absolute atomic E-state index is 0.00495. The first-order chi connectivity index (χ1) is 15.9. The summed E-state index contributed by atoms with van der Waals surface area (Å²) in [4.78, 5) is 17.3. The Morgan fingerprint density at radius 2 is 2.15 bits per heavy atom. The van der Waals surface area contributed by atoms with E-state index in [-0.39, 0.29) is 23.3 Å². The van der Waals surface area contributed by atoms with Gasteiger partial charge in [0.15, 0.2) is 5.84 Å². The molecule has 1 saturated carbocycles. The Morgan fingerprint density at radius 1 is 1.36 bits per heavy atom. The van der Waals surface area contributed by atoms with Crippen molar-refractivity contribution in [3.05, 3.63) is 58.5 Å². The fourth-order valence-electron chi connectivity index (χ4n) is 3.66. The number of hydrazine groups is 1. The van der Waals surface area contributed by atoms with Gasteiger partial charge in [0.25, 0.3) is 5.91 Å². The first-order valence-electron chi connectivity index (χ1n) is 11.2. The number of rotatable bonds is 7. The number of pyridine rings is 1. The molecule has 1 fully saturated rings. The molecule has 0 unspecified atom stereocenters. The number of hydrazone groups is 1. The molecule has 0 saturated heterocycles. The SMILES string of the molecule is CC(C)N(N)/C(=N\N)c1cccc(NC(=O)c2cc3c(cc2F)CCN(SCC2CC2)C3)n1. The predicted molar refractivity (Wildman–Crippen MR) is 130 cm³/mol. The first kappa shape index (κ1) is 23.5. The summed E-state index contributed by atoms with van der Waals surface area (Å²) in [6.45, 7) is 5.38. The Bertz CT molecular complexity index is 1060. The highest BCUT2D eigenvalue weighted by molar-refractivity contribution is 7.97. The number of amides is 1. The molecule has 1 aromatic carbocycles. The van der Waals surface area contributed by atoms with Gasteiger partial charge in [-0.1, -0.05) is 18.0 Å². The molecule has 1 amide bonds. The smallest absolute Gasteiger partial charge is 0.259 e. The van der Waals surface area contributed by atoms with Crippen molar-refractivity contribution in [2.24, 2.45) is 22.7 Å². The van der Waals surface area contributed by atoms with Crippen LogP contribution in [0.5, 0.6) is 0 Å². The minimum atomic E-state index is -0.553. The number of nitrogens with one attached hydrogen (secondary N) is 1. The Labute approximate surface area is 197 Å². The first-order valence-corrected chi connectivity index (χ1v) is 12.1. The number of fused-ring (bicyclic) bond motifs is 1. The van der Waals surface area contributed by atoms with Crippen LogP contribution >= 0.6 is 11.9 Å². The number of carbonyl (C=O) groups excluding carboxylic acids is 1. The van der Waals surface area contributed by atoms with Crippen LogP contribution in [0.2, 0.25) is 0 Å². The topological polar surface area (TPSA) is 113 Å². The van der Waals surface area contributed by atoms with Crippen LogP contribution in [0.1, 0.15) is 53.9 Å². The summed E-state index contributed by atoms with van der Waals surface area (Å²) in [6, 6.07) is 8.12. The number of anilines is 1. The van der Waals surface area contributed by atoms with Gasteiger partial charge in [-0.05, 0) is 74.4 Å². The monoisotopic (exact) mass is 471 g/mol. The average molecular weight is 472 g/mol. The molecule has 176 valence electrons. The van der Waals surface area contributed by atoms with E-state index in [1.165, 1.54) is 23.9 Å². The number of hydrogen-bond acceptors (Lipinski definition) is 7. The molecule has 0 bridgehead atoms. The van der Waals surface area contributed by atoms with Crippen LogP contribution in [0.3, 0.4) is 0 Å².